The van der Waals surface area contributed by atoms with Gasteiger partial charge in [-0.1, -0.05) is 30.3 Å². The number of benzene rings is 1. The van der Waals surface area contributed by atoms with Crippen molar-refractivity contribution in [1.29, 1.82) is 0 Å². The van der Waals surface area contributed by atoms with Gasteiger partial charge in [-0.25, -0.2) is 18.4 Å². The Morgan fingerprint density at radius 2 is 2.06 bits per heavy atom. The fourth-order valence-corrected chi connectivity index (χ4v) is 6.02. The molecule has 1 unspecified atom stereocenters. The van der Waals surface area contributed by atoms with E-state index >= 15 is 0 Å². The summed E-state index contributed by atoms with van der Waals surface area (Å²) in [6.45, 7) is 1.40. The highest BCUT2D eigenvalue weighted by molar-refractivity contribution is 7.91. The molecule has 34 heavy (non-hydrogen) atoms. The van der Waals surface area contributed by atoms with E-state index in [4.69, 9.17) is 5.73 Å². The molecule has 178 valence electrons. The van der Waals surface area contributed by atoms with Gasteiger partial charge in [-0.2, -0.15) is 0 Å². The Morgan fingerprint density at radius 3 is 2.82 bits per heavy atom. The first-order chi connectivity index (χ1) is 16.2. The summed E-state index contributed by atoms with van der Waals surface area (Å²) < 4.78 is 28.7. The summed E-state index contributed by atoms with van der Waals surface area (Å²) in [6, 6.07) is 11.7. The number of hydrogen-bond acceptors (Lipinski definition) is 7. The quantitative estimate of drug-likeness (QED) is 0.480. The number of thiazole rings is 1. The first-order valence-electron chi connectivity index (χ1n) is 10.8. The molecule has 3 N–H and O–H groups in total. The van der Waals surface area contributed by atoms with Crippen molar-refractivity contribution >= 4 is 44.3 Å². The predicted molar refractivity (Wildman–Crippen MR) is 134 cm³/mol. The number of aromatic nitrogens is 2. The molecule has 0 spiro atoms. The minimum absolute atomic E-state index is 0.102. The molecule has 1 aliphatic rings. The van der Waals surface area contributed by atoms with Crippen molar-refractivity contribution in [3.8, 4) is 0 Å². The average Bonchev–Trinajstić information content (AvgIpc) is 3.16. The number of nitrogen functional groups attached to an aromatic ring is 1. The van der Waals surface area contributed by atoms with Crippen molar-refractivity contribution in [2.45, 2.75) is 38.5 Å². The Kier molecular flexibility index (Phi) is 6.94. The Balaban J connectivity index is 1.44. The number of aliphatic imine (C=N–C) groups is 1. The average molecular weight is 500 g/mol. The van der Waals surface area contributed by atoms with Gasteiger partial charge in [0.25, 0.3) is 11.5 Å². The second-order valence-corrected chi connectivity index (χ2v) is 11.1. The van der Waals surface area contributed by atoms with Gasteiger partial charge in [0.05, 0.1) is 11.4 Å². The largest absolute Gasteiger partial charge is 0.375 e. The number of fused-ring (bicyclic) bond motifs is 1. The van der Waals surface area contributed by atoms with Gasteiger partial charge in [-0.15, -0.1) is 11.3 Å². The first kappa shape index (κ1) is 23.8. The number of nitrogens with zero attached hydrogens (tertiary/aromatic N) is 3. The molecule has 1 amide bonds. The molecule has 1 aromatic carbocycles. The van der Waals surface area contributed by atoms with Gasteiger partial charge in [-0.05, 0) is 49.8 Å². The number of sulfonamides is 1. The van der Waals surface area contributed by atoms with Crippen LogP contribution in [0.1, 0.15) is 28.2 Å². The maximum absolute atomic E-state index is 12.9. The Hall–Kier alpha value is -3.31. The smallest absolute Gasteiger partial charge is 0.275 e. The molecule has 0 fully saturated rings. The van der Waals surface area contributed by atoms with Crippen LogP contribution in [0.4, 0.5) is 10.8 Å². The number of nitrogens with one attached hydrogen (secondary N) is 1. The summed E-state index contributed by atoms with van der Waals surface area (Å²) in [7, 11) is -3.81. The number of pyridine rings is 1. The molecule has 2 heterocycles. The number of nitrogens with two attached hydrogens (primary N) is 1. The van der Waals surface area contributed by atoms with Crippen molar-refractivity contribution in [1.82, 2.24) is 9.55 Å². The van der Waals surface area contributed by atoms with Crippen molar-refractivity contribution < 1.29 is 13.2 Å². The molecular formula is C23H25N5O4S2. The van der Waals surface area contributed by atoms with Crippen LogP contribution in [-0.2, 0) is 40.0 Å². The number of anilines is 2. The maximum Gasteiger partial charge on any atom is 0.275 e. The summed E-state index contributed by atoms with van der Waals surface area (Å²) in [5.41, 5.74) is 7.22. The van der Waals surface area contributed by atoms with Crippen molar-refractivity contribution in [3.05, 3.63) is 74.6 Å². The van der Waals surface area contributed by atoms with Crippen LogP contribution in [0.5, 0.6) is 0 Å². The van der Waals surface area contributed by atoms with Crippen molar-refractivity contribution in [2.75, 3.05) is 10.5 Å². The van der Waals surface area contributed by atoms with Crippen LogP contribution in [0.2, 0.25) is 0 Å². The van der Waals surface area contributed by atoms with Crippen LogP contribution in [-0.4, -0.2) is 30.1 Å². The summed E-state index contributed by atoms with van der Waals surface area (Å²) in [6.07, 6.45) is 3.98. The number of carbonyl (C=O) groups excluding carboxylic acids is 1. The predicted octanol–water partition coefficient (Wildman–Crippen LogP) is 2.54. The lowest BCUT2D eigenvalue weighted by Crippen LogP contribution is -2.30. The highest BCUT2D eigenvalue weighted by Gasteiger charge is 2.21. The first-order valence-corrected chi connectivity index (χ1v) is 13.2. The zero-order chi connectivity index (χ0) is 24.3. The molecule has 0 bridgehead atoms. The summed E-state index contributed by atoms with van der Waals surface area (Å²) in [5.74, 6) is -0.645. The van der Waals surface area contributed by atoms with Gasteiger partial charge in [0, 0.05) is 16.8 Å². The fourth-order valence-electron chi connectivity index (χ4n) is 3.85. The van der Waals surface area contributed by atoms with Gasteiger partial charge in [0.1, 0.15) is 12.2 Å². The molecule has 0 radical (unpaired) electrons. The van der Waals surface area contributed by atoms with Crippen molar-refractivity contribution in [3.63, 3.8) is 0 Å². The normalized spacial score (nSPS) is 15.9. The van der Waals surface area contributed by atoms with E-state index in [1.165, 1.54) is 22.0 Å². The lowest BCUT2D eigenvalue weighted by atomic mass is 9.92. The summed E-state index contributed by atoms with van der Waals surface area (Å²) in [4.78, 5) is 34.9. The zero-order valence-electron chi connectivity index (χ0n) is 18.6. The molecule has 11 heteroatoms. The molecule has 0 saturated carbocycles. The molecule has 1 aliphatic carbocycles. The second-order valence-electron chi connectivity index (χ2n) is 8.22. The molecule has 2 aromatic heterocycles. The zero-order valence-corrected chi connectivity index (χ0v) is 20.2. The number of aryl methyl sites for hydroxylation is 2. The van der Waals surface area contributed by atoms with E-state index in [9.17, 15) is 18.0 Å². The number of carbonyl (C=O) groups is 1. The van der Waals surface area contributed by atoms with Crippen LogP contribution in [0.25, 0.3) is 0 Å². The Morgan fingerprint density at radius 1 is 1.29 bits per heavy atom. The molecule has 9 nitrogen and oxygen atoms in total. The molecular weight excluding hydrogens is 474 g/mol. The van der Waals surface area contributed by atoms with Crippen LogP contribution in [0, 0.1) is 12.8 Å². The fraction of sp³-hybridized carbons (Fsp3) is 0.304. The van der Waals surface area contributed by atoms with Gasteiger partial charge < -0.3 is 10.3 Å². The maximum atomic E-state index is 12.9. The monoisotopic (exact) mass is 499 g/mol. The molecule has 4 rings (SSSR count). The highest BCUT2D eigenvalue weighted by atomic mass is 32.2. The molecule has 0 aliphatic heterocycles. The standard InChI is InChI=1S/C23H25N5O4S2/c1-15-7-9-19(27-34(31,32)14-16-5-3-2-4-6-16)22(30)28(15)13-21(29)25-12-17-8-10-18-20(11-17)33-23(24)26-18/h2-7,9,12,17,27H,8,10-11,13-14H2,1H3,(H2,24,26). The van der Waals surface area contributed by atoms with E-state index in [1.807, 2.05) is 0 Å². The minimum atomic E-state index is -3.81. The van der Waals surface area contributed by atoms with E-state index in [0.29, 0.717) is 16.4 Å². The minimum Gasteiger partial charge on any atom is -0.375 e. The Bertz CT molecular complexity index is 1390. The third-order valence-corrected chi connectivity index (χ3v) is 7.77. The van der Waals surface area contributed by atoms with Crippen LogP contribution in [0.3, 0.4) is 0 Å². The highest BCUT2D eigenvalue weighted by Crippen LogP contribution is 2.30. The van der Waals surface area contributed by atoms with Crippen LogP contribution in [0.15, 0.2) is 52.3 Å². The van der Waals surface area contributed by atoms with Gasteiger partial charge in [0.2, 0.25) is 10.0 Å². The van der Waals surface area contributed by atoms with Gasteiger partial charge in [0.15, 0.2) is 5.13 Å². The summed E-state index contributed by atoms with van der Waals surface area (Å²) in [5, 5.41) is 0.549. The lowest BCUT2D eigenvalue weighted by Gasteiger charge is -2.16. The van der Waals surface area contributed by atoms with E-state index in [2.05, 4.69) is 14.7 Å². The summed E-state index contributed by atoms with van der Waals surface area (Å²) >= 11 is 1.46. The number of amides is 1. The van der Waals surface area contributed by atoms with E-state index < -0.39 is 21.5 Å². The van der Waals surface area contributed by atoms with E-state index in [-0.39, 0.29) is 23.9 Å². The third-order valence-electron chi connectivity index (χ3n) is 5.57. The SMILES string of the molecule is Cc1ccc(NS(=O)(=O)Cc2ccccc2)c(=O)n1CC(=O)N=CC1CCc2nc(N)sc2C1. The third kappa shape index (κ3) is 5.78. The second kappa shape index (κ2) is 9.90. The van der Waals surface area contributed by atoms with E-state index in [0.717, 1.165) is 29.8 Å². The molecule has 1 atom stereocenters. The van der Waals surface area contributed by atoms with Gasteiger partial charge >= 0.3 is 0 Å². The van der Waals surface area contributed by atoms with Crippen molar-refractivity contribution in [2.24, 2.45) is 10.9 Å². The van der Waals surface area contributed by atoms with Crippen LogP contribution < -0.4 is 16.0 Å². The molecule has 0 saturated heterocycles. The number of rotatable bonds is 7. The number of hydrogen-bond donors (Lipinski definition) is 2. The lowest BCUT2D eigenvalue weighted by molar-refractivity contribution is -0.118. The van der Waals surface area contributed by atoms with E-state index in [1.54, 1.807) is 49.5 Å². The topological polar surface area (TPSA) is 137 Å². The van der Waals surface area contributed by atoms with Gasteiger partial charge in [-0.3, -0.25) is 14.3 Å². The van der Waals surface area contributed by atoms with Crippen LogP contribution >= 0.6 is 11.3 Å². The molecule has 3 aromatic rings. The Labute approximate surface area is 201 Å².